The minimum Gasteiger partial charge on any atom is -0.468 e. The third-order valence-electron chi connectivity index (χ3n) is 3.64. The maximum absolute atomic E-state index is 12.6. The number of aromatic nitrogens is 2. The largest absolute Gasteiger partial charge is 0.468 e. The number of carbonyl (C=O) groups excluding carboxylic acids is 1. The summed E-state index contributed by atoms with van der Waals surface area (Å²) in [6.45, 7) is 0.0108. The zero-order valence-corrected chi connectivity index (χ0v) is 11.2. The molecule has 0 aliphatic heterocycles. The van der Waals surface area contributed by atoms with E-state index in [2.05, 4.69) is 10.4 Å². The van der Waals surface area contributed by atoms with Crippen LogP contribution in [0.1, 0.15) is 18.4 Å². The topological polar surface area (TPSA) is 56.2 Å². The molecule has 1 fully saturated rings. The molecule has 0 amide bonds. The Bertz CT molecular complexity index is 496. The molecule has 0 spiro atoms. The predicted molar refractivity (Wildman–Crippen MR) is 63.8 cm³/mol. The number of alkyl halides is 3. The van der Waals surface area contributed by atoms with Crippen molar-refractivity contribution in [2.24, 2.45) is 5.92 Å². The fourth-order valence-electron chi connectivity index (χ4n) is 2.36. The van der Waals surface area contributed by atoms with Gasteiger partial charge in [-0.15, -0.1) is 0 Å². The maximum atomic E-state index is 12.6. The van der Waals surface area contributed by atoms with E-state index in [9.17, 15) is 18.0 Å². The van der Waals surface area contributed by atoms with Gasteiger partial charge in [-0.1, -0.05) is 0 Å². The van der Waals surface area contributed by atoms with Crippen molar-refractivity contribution >= 4 is 5.97 Å². The Kier molecular flexibility index (Phi) is 3.77. The molecular formula is C12H16F3N3O2. The molecule has 1 aliphatic rings. The van der Waals surface area contributed by atoms with Gasteiger partial charge in [-0.25, -0.2) is 4.79 Å². The Balaban J connectivity index is 2.24. The first-order valence-corrected chi connectivity index (χ1v) is 6.20. The molecule has 8 heteroatoms. The molecule has 0 bridgehead atoms. The lowest BCUT2D eigenvalue weighted by Gasteiger charge is -2.30. The number of halogens is 3. The highest BCUT2D eigenvalue weighted by Gasteiger charge is 2.51. The number of ether oxygens (including phenoxy) is 1. The SMILES string of the molecule is CNC(Cn1cc(C(F)(F)F)cn1)(C(=O)OC)C1CC1. The zero-order valence-electron chi connectivity index (χ0n) is 11.2. The van der Waals surface area contributed by atoms with Crippen LogP contribution < -0.4 is 5.32 Å². The van der Waals surface area contributed by atoms with Crippen LogP contribution in [-0.2, 0) is 22.3 Å². The highest BCUT2D eigenvalue weighted by Crippen LogP contribution is 2.41. The third-order valence-corrected chi connectivity index (χ3v) is 3.64. The van der Waals surface area contributed by atoms with Gasteiger partial charge in [0.15, 0.2) is 0 Å². The molecule has 1 aromatic heterocycles. The third kappa shape index (κ3) is 2.65. The molecule has 112 valence electrons. The van der Waals surface area contributed by atoms with E-state index in [0.717, 1.165) is 29.9 Å². The van der Waals surface area contributed by atoms with Crippen molar-refractivity contribution in [3.05, 3.63) is 18.0 Å². The van der Waals surface area contributed by atoms with E-state index in [1.807, 2.05) is 0 Å². The van der Waals surface area contributed by atoms with Crippen LogP contribution >= 0.6 is 0 Å². The van der Waals surface area contributed by atoms with Crippen molar-refractivity contribution in [3.63, 3.8) is 0 Å². The van der Waals surface area contributed by atoms with Gasteiger partial charge in [-0.3, -0.25) is 4.68 Å². The van der Waals surface area contributed by atoms with E-state index in [1.165, 1.54) is 7.11 Å². The van der Waals surface area contributed by atoms with Gasteiger partial charge in [0.05, 0.1) is 25.4 Å². The molecule has 1 unspecified atom stereocenters. The average molecular weight is 291 g/mol. The molecule has 0 saturated heterocycles. The molecule has 1 heterocycles. The van der Waals surface area contributed by atoms with E-state index < -0.39 is 23.2 Å². The fraction of sp³-hybridized carbons (Fsp3) is 0.667. The monoisotopic (exact) mass is 291 g/mol. The van der Waals surface area contributed by atoms with Crippen LogP contribution in [0.3, 0.4) is 0 Å². The molecule has 1 N–H and O–H groups in total. The van der Waals surface area contributed by atoms with Gasteiger partial charge in [-0.05, 0) is 25.8 Å². The van der Waals surface area contributed by atoms with Crippen LogP contribution in [0.2, 0.25) is 0 Å². The van der Waals surface area contributed by atoms with E-state index in [-0.39, 0.29) is 12.5 Å². The fourth-order valence-corrected chi connectivity index (χ4v) is 2.36. The number of methoxy groups -OCH3 is 1. The van der Waals surface area contributed by atoms with Crippen LogP contribution in [0.15, 0.2) is 12.4 Å². The minimum atomic E-state index is -4.44. The number of carbonyl (C=O) groups is 1. The standard InChI is InChI=1S/C12H16F3N3O2/c1-16-11(8-3-4-8,10(19)20-2)7-18-6-9(5-17-18)12(13,14)15/h5-6,8,16H,3-4,7H2,1-2H3. The van der Waals surface area contributed by atoms with Crippen molar-refractivity contribution in [2.75, 3.05) is 14.2 Å². The molecule has 0 aromatic carbocycles. The number of hydrogen-bond acceptors (Lipinski definition) is 4. The van der Waals surface area contributed by atoms with Gasteiger partial charge >= 0.3 is 12.1 Å². The van der Waals surface area contributed by atoms with Crippen molar-refractivity contribution in [1.82, 2.24) is 15.1 Å². The molecule has 1 atom stereocenters. The van der Waals surface area contributed by atoms with Crippen LogP contribution in [0.4, 0.5) is 13.2 Å². The second-order valence-electron chi connectivity index (χ2n) is 4.91. The Labute approximate surface area is 114 Å². The van der Waals surface area contributed by atoms with E-state index >= 15 is 0 Å². The lowest BCUT2D eigenvalue weighted by atomic mass is 9.93. The van der Waals surface area contributed by atoms with Gasteiger partial charge in [0, 0.05) is 6.20 Å². The highest BCUT2D eigenvalue weighted by atomic mass is 19.4. The summed E-state index contributed by atoms with van der Waals surface area (Å²) in [6.07, 6.45) is -1.11. The Morgan fingerprint density at radius 2 is 2.20 bits per heavy atom. The smallest absolute Gasteiger partial charge is 0.419 e. The summed E-state index contributed by atoms with van der Waals surface area (Å²) in [7, 11) is 2.87. The van der Waals surface area contributed by atoms with Crippen molar-refractivity contribution in [2.45, 2.75) is 31.1 Å². The molecular weight excluding hydrogens is 275 g/mol. The molecule has 0 radical (unpaired) electrons. The zero-order chi connectivity index (χ0) is 15.0. The number of esters is 1. The normalized spacial score (nSPS) is 18.6. The van der Waals surface area contributed by atoms with Crippen molar-refractivity contribution < 1.29 is 22.7 Å². The van der Waals surface area contributed by atoms with Crippen molar-refractivity contribution in [1.29, 1.82) is 0 Å². The summed E-state index contributed by atoms with van der Waals surface area (Å²) in [5.74, 6) is -0.426. The van der Waals surface area contributed by atoms with Gasteiger partial charge in [0.1, 0.15) is 5.54 Å². The molecule has 1 saturated carbocycles. The summed E-state index contributed by atoms with van der Waals surface area (Å²) >= 11 is 0. The van der Waals surface area contributed by atoms with E-state index in [0.29, 0.717) is 0 Å². The first kappa shape index (κ1) is 14.8. The molecule has 5 nitrogen and oxygen atoms in total. The van der Waals surface area contributed by atoms with Gasteiger partial charge < -0.3 is 10.1 Å². The van der Waals surface area contributed by atoms with Crippen LogP contribution in [0, 0.1) is 5.92 Å². The number of likely N-dealkylation sites (N-methyl/N-ethyl adjacent to an activating group) is 1. The van der Waals surface area contributed by atoms with Gasteiger partial charge in [-0.2, -0.15) is 18.3 Å². The van der Waals surface area contributed by atoms with Crippen molar-refractivity contribution in [3.8, 4) is 0 Å². The Morgan fingerprint density at radius 3 is 2.60 bits per heavy atom. The average Bonchev–Trinajstić information content (AvgIpc) is 3.13. The molecule has 1 aliphatic carbocycles. The number of rotatable bonds is 5. The number of hydrogen-bond donors (Lipinski definition) is 1. The summed E-state index contributed by atoms with van der Waals surface area (Å²) in [4.78, 5) is 12.0. The summed E-state index contributed by atoms with van der Waals surface area (Å²) < 4.78 is 43.6. The van der Waals surface area contributed by atoms with Crippen LogP contribution in [0.25, 0.3) is 0 Å². The first-order valence-electron chi connectivity index (χ1n) is 6.20. The quantitative estimate of drug-likeness (QED) is 0.834. The second kappa shape index (κ2) is 5.08. The van der Waals surface area contributed by atoms with E-state index in [4.69, 9.17) is 4.74 Å². The summed E-state index contributed by atoms with van der Waals surface area (Å²) in [6, 6.07) is 0. The lowest BCUT2D eigenvalue weighted by molar-refractivity contribution is -0.150. The number of nitrogens with one attached hydrogen (secondary N) is 1. The summed E-state index contributed by atoms with van der Waals surface area (Å²) in [5.41, 5.74) is -1.85. The second-order valence-corrected chi connectivity index (χ2v) is 4.91. The summed E-state index contributed by atoms with van der Waals surface area (Å²) in [5, 5.41) is 6.60. The highest BCUT2D eigenvalue weighted by molar-refractivity contribution is 5.81. The van der Waals surface area contributed by atoms with Gasteiger partial charge in [0.2, 0.25) is 0 Å². The Hall–Kier alpha value is -1.57. The predicted octanol–water partition coefficient (Wildman–Crippen LogP) is 1.44. The maximum Gasteiger partial charge on any atom is 0.419 e. The molecule has 2 rings (SSSR count). The Morgan fingerprint density at radius 1 is 1.55 bits per heavy atom. The lowest BCUT2D eigenvalue weighted by Crippen LogP contribution is -2.56. The minimum absolute atomic E-state index is 0.0108. The molecule has 20 heavy (non-hydrogen) atoms. The first-order chi connectivity index (χ1) is 9.33. The molecule has 1 aromatic rings. The van der Waals surface area contributed by atoms with Crippen LogP contribution in [-0.4, -0.2) is 35.4 Å². The van der Waals surface area contributed by atoms with Gasteiger partial charge in [0.25, 0.3) is 0 Å². The van der Waals surface area contributed by atoms with Crippen LogP contribution in [0.5, 0.6) is 0 Å². The number of nitrogens with zero attached hydrogens (tertiary/aromatic N) is 2. The van der Waals surface area contributed by atoms with E-state index in [1.54, 1.807) is 7.05 Å².